The van der Waals surface area contributed by atoms with Crippen LogP contribution >= 0.6 is 0 Å². The summed E-state index contributed by atoms with van der Waals surface area (Å²) in [5, 5.41) is 3.22. The SMILES string of the molecule is CC(=O)N1CCN(C(=O)CNc2ccc(N3CCCCC3)cc2)CC1. The molecule has 6 nitrogen and oxygen atoms in total. The third-order valence-corrected chi connectivity index (χ3v) is 5.11. The van der Waals surface area contributed by atoms with Crippen LogP contribution in [0.2, 0.25) is 0 Å². The minimum atomic E-state index is 0.0824. The molecule has 0 radical (unpaired) electrons. The van der Waals surface area contributed by atoms with Crippen LogP contribution in [0.4, 0.5) is 11.4 Å². The summed E-state index contributed by atoms with van der Waals surface area (Å²) in [5.41, 5.74) is 2.23. The number of piperidine rings is 1. The van der Waals surface area contributed by atoms with Gasteiger partial charge in [0.2, 0.25) is 11.8 Å². The van der Waals surface area contributed by atoms with Crippen LogP contribution in [0.1, 0.15) is 26.2 Å². The Kier molecular flexibility index (Phi) is 5.79. The molecule has 136 valence electrons. The number of benzene rings is 1. The molecule has 6 heteroatoms. The smallest absolute Gasteiger partial charge is 0.241 e. The predicted octanol–water partition coefficient (Wildman–Crippen LogP) is 1.78. The number of anilines is 2. The average molecular weight is 344 g/mol. The Labute approximate surface area is 149 Å². The van der Waals surface area contributed by atoms with E-state index in [2.05, 4.69) is 22.3 Å². The minimum Gasteiger partial charge on any atom is -0.376 e. The van der Waals surface area contributed by atoms with Crippen LogP contribution in [0.5, 0.6) is 0 Å². The summed E-state index contributed by atoms with van der Waals surface area (Å²) in [6, 6.07) is 8.35. The zero-order valence-corrected chi connectivity index (χ0v) is 15.0. The fraction of sp³-hybridized carbons (Fsp3) is 0.579. The van der Waals surface area contributed by atoms with Gasteiger partial charge in [-0.05, 0) is 43.5 Å². The molecule has 2 amide bonds. The number of piperazine rings is 1. The van der Waals surface area contributed by atoms with Gasteiger partial charge in [-0.15, -0.1) is 0 Å². The Morgan fingerprint density at radius 1 is 0.880 bits per heavy atom. The summed E-state index contributed by atoms with van der Waals surface area (Å²) in [7, 11) is 0. The van der Waals surface area contributed by atoms with E-state index in [1.54, 1.807) is 11.8 Å². The number of nitrogens with zero attached hydrogens (tertiary/aromatic N) is 3. The number of hydrogen-bond donors (Lipinski definition) is 1. The third-order valence-electron chi connectivity index (χ3n) is 5.11. The number of carbonyl (C=O) groups excluding carboxylic acids is 2. The summed E-state index contributed by atoms with van der Waals surface area (Å²) in [4.78, 5) is 29.7. The molecule has 0 bridgehead atoms. The monoisotopic (exact) mass is 344 g/mol. The summed E-state index contributed by atoms with van der Waals surface area (Å²) in [6.07, 6.45) is 3.87. The van der Waals surface area contributed by atoms with Crippen molar-refractivity contribution in [3.8, 4) is 0 Å². The minimum absolute atomic E-state index is 0.0824. The highest BCUT2D eigenvalue weighted by Crippen LogP contribution is 2.21. The standard InChI is InChI=1S/C19H28N4O2/c1-16(24)21-11-13-23(14-12-21)19(25)15-20-17-5-7-18(8-6-17)22-9-3-2-4-10-22/h5-8,20H,2-4,9-15H2,1H3. The molecule has 0 spiro atoms. The first-order chi connectivity index (χ1) is 12.1. The number of carbonyl (C=O) groups is 2. The van der Waals surface area contributed by atoms with Gasteiger partial charge in [0.25, 0.3) is 0 Å². The predicted molar refractivity (Wildman–Crippen MR) is 99.8 cm³/mol. The van der Waals surface area contributed by atoms with Crippen LogP contribution < -0.4 is 10.2 Å². The van der Waals surface area contributed by atoms with Crippen LogP contribution in [0.25, 0.3) is 0 Å². The zero-order chi connectivity index (χ0) is 17.6. The van der Waals surface area contributed by atoms with Crippen molar-refractivity contribution in [2.75, 3.05) is 56.0 Å². The van der Waals surface area contributed by atoms with Crippen molar-refractivity contribution in [2.24, 2.45) is 0 Å². The van der Waals surface area contributed by atoms with Crippen LogP contribution in [0.3, 0.4) is 0 Å². The molecule has 2 fully saturated rings. The van der Waals surface area contributed by atoms with Crippen molar-refractivity contribution >= 4 is 23.2 Å². The second-order valence-corrected chi connectivity index (χ2v) is 6.83. The van der Waals surface area contributed by atoms with Crippen LogP contribution in [0, 0.1) is 0 Å². The lowest BCUT2D eigenvalue weighted by Crippen LogP contribution is -2.51. The molecule has 1 aromatic carbocycles. The fourth-order valence-electron chi connectivity index (χ4n) is 3.50. The maximum atomic E-state index is 12.3. The molecule has 2 aliphatic rings. The first-order valence-electron chi connectivity index (χ1n) is 9.25. The van der Waals surface area contributed by atoms with Gasteiger partial charge in [0.1, 0.15) is 0 Å². The van der Waals surface area contributed by atoms with Gasteiger partial charge in [0.15, 0.2) is 0 Å². The quantitative estimate of drug-likeness (QED) is 0.905. The fourth-order valence-corrected chi connectivity index (χ4v) is 3.50. The molecule has 25 heavy (non-hydrogen) atoms. The normalized spacial score (nSPS) is 18.2. The van der Waals surface area contributed by atoms with E-state index in [0.29, 0.717) is 32.7 Å². The molecule has 2 heterocycles. The molecule has 1 aromatic rings. The van der Waals surface area contributed by atoms with E-state index in [1.165, 1.54) is 24.9 Å². The van der Waals surface area contributed by atoms with Gasteiger partial charge >= 0.3 is 0 Å². The van der Waals surface area contributed by atoms with Crippen molar-refractivity contribution in [3.63, 3.8) is 0 Å². The second-order valence-electron chi connectivity index (χ2n) is 6.83. The van der Waals surface area contributed by atoms with E-state index in [0.717, 1.165) is 18.8 Å². The molecule has 2 saturated heterocycles. The molecule has 0 aliphatic carbocycles. The molecule has 3 rings (SSSR count). The molecule has 0 saturated carbocycles. The first-order valence-corrected chi connectivity index (χ1v) is 9.25. The van der Waals surface area contributed by atoms with Crippen molar-refractivity contribution in [1.82, 2.24) is 9.80 Å². The van der Waals surface area contributed by atoms with Crippen molar-refractivity contribution in [3.05, 3.63) is 24.3 Å². The molecular formula is C19H28N4O2. The van der Waals surface area contributed by atoms with E-state index in [-0.39, 0.29) is 11.8 Å². The first kappa shape index (κ1) is 17.6. The Balaban J connectivity index is 1.45. The highest BCUT2D eigenvalue weighted by molar-refractivity contribution is 5.81. The average Bonchev–Trinajstić information content (AvgIpc) is 2.67. The zero-order valence-electron chi connectivity index (χ0n) is 15.0. The molecule has 0 atom stereocenters. The van der Waals surface area contributed by atoms with E-state index in [9.17, 15) is 9.59 Å². The number of rotatable bonds is 4. The van der Waals surface area contributed by atoms with E-state index in [1.807, 2.05) is 17.0 Å². The lowest BCUT2D eigenvalue weighted by atomic mass is 10.1. The highest BCUT2D eigenvalue weighted by atomic mass is 16.2. The maximum absolute atomic E-state index is 12.3. The van der Waals surface area contributed by atoms with Gasteiger partial charge in [-0.2, -0.15) is 0 Å². The Hall–Kier alpha value is -2.24. The van der Waals surface area contributed by atoms with Gasteiger partial charge in [0.05, 0.1) is 6.54 Å². The lowest BCUT2D eigenvalue weighted by molar-refractivity contribution is -0.137. The molecule has 2 aliphatic heterocycles. The lowest BCUT2D eigenvalue weighted by Gasteiger charge is -2.34. The molecule has 0 aromatic heterocycles. The van der Waals surface area contributed by atoms with Gasteiger partial charge in [-0.1, -0.05) is 0 Å². The van der Waals surface area contributed by atoms with Gasteiger partial charge in [-0.3, -0.25) is 9.59 Å². The Morgan fingerprint density at radius 2 is 1.48 bits per heavy atom. The molecule has 0 unspecified atom stereocenters. The second kappa shape index (κ2) is 8.23. The van der Waals surface area contributed by atoms with Gasteiger partial charge < -0.3 is 20.0 Å². The topological polar surface area (TPSA) is 55.9 Å². The van der Waals surface area contributed by atoms with E-state index in [4.69, 9.17) is 0 Å². The van der Waals surface area contributed by atoms with E-state index >= 15 is 0 Å². The Bertz CT molecular complexity index is 588. The van der Waals surface area contributed by atoms with Crippen molar-refractivity contribution in [1.29, 1.82) is 0 Å². The van der Waals surface area contributed by atoms with Crippen molar-refractivity contribution in [2.45, 2.75) is 26.2 Å². The van der Waals surface area contributed by atoms with Crippen LogP contribution in [-0.2, 0) is 9.59 Å². The largest absolute Gasteiger partial charge is 0.376 e. The van der Waals surface area contributed by atoms with Crippen molar-refractivity contribution < 1.29 is 9.59 Å². The summed E-state index contributed by atoms with van der Waals surface area (Å²) in [5.74, 6) is 0.169. The molecule has 1 N–H and O–H groups in total. The maximum Gasteiger partial charge on any atom is 0.241 e. The molecular weight excluding hydrogens is 316 g/mol. The third kappa shape index (κ3) is 4.65. The summed E-state index contributed by atoms with van der Waals surface area (Å²) >= 11 is 0. The van der Waals surface area contributed by atoms with Gasteiger partial charge in [-0.25, -0.2) is 0 Å². The number of amides is 2. The van der Waals surface area contributed by atoms with Crippen LogP contribution in [0.15, 0.2) is 24.3 Å². The summed E-state index contributed by atoms with van der Waals surface area (Å²) < 4.78 is 0. The van der Waals surface area contributed by atoms with Crippen LogP contribution in [-0.4, -0.2) is 67.4 Å². The van der Waals surface area contributed by atoms with E-state index < -0.39 is 0 Å². The number of nitrogens with one attached hydrogen (secondary N) is 1. The summed E-state index contributed by atoms with van der Waals surface area (Å²) in [6.45, 7) is 6.64. The van der Waals surface area contributed by atoms with Gasteiger partial charge in [0, 0.05) is 57.6 Å². The number of hydrogen-bond acceptors (Lipinski definition) is 4. The Morgan fingerprint density at radius 3 is 2.08 bits per heavy atom. The highest BCUT2D eigenvalue weighted by Gasteiger charge is 2.21.